The molecule has 0 aromatic heterocycles. The van der Waals surface area contributed by atoms with Crippen molar-refractivity contribution in [1.82, 2.24) is 0 Å². The standard InChI is InChI=1S/C75H48/c1-9-27-62-53(18-1)54-19-2-10-28-63(54)73(62,50-41-36-47(37-42-50)49-40-45-60-59-24-7-15-33-68(59)75(71(60)46-49)66-31-13-5-22-57(66)58-23-6-14-32-67(58)75)51-43-38-48(39-44-51)52-26-17-35-70-72(52)61-25-8-16-34-69(61)74(70)64-29-11-3-20-55(64)56-21-4-12-30-65(56)74/h1-13,15-31,33-46H,14,32H2. The van der Waals surface area contributed by atoms with Crippen molar-refractivity contribution in [2.75, 3.05) is 0 Å². The molecule has 0 fully saturated rings. The van der Waals surface area contributed by atoms with Crippen LogP contribution < -0.4 is 0 Å². The smallest absolute Gasteiger partial charge is 0.0725 e. The highest BCUT2D eigenvalue weighted by Gasteiger charge is 2.54. The molecule has 0 amide bonds. The van der Waals surface area contributed by atoms with Crippen molar-refractivity contribution in [1.29, 1.82) is 0 Å². The normalized spacial score (nSPS) is 17.4. The molecule has 17 rings (SSSR count). The Hall–Kier alpha value is -9.10. The SMILES string of the molecule is C1=CC2=C(CC1)C1(c3ccccc32)c2ccccc2-c2ccc(-c3ccc(C4(c5ccc(-c6cccc7c6-c6ccccc6C76c7ccccc7-c7ccccc76)cc5)c5ccccc5-c5ccccc54)cc3)cc21. The molecular weight excluding hydrogens is 901 g/mol. The number of fused-ring (bicyclic) bond motifs is 22. The first kappa shape index (κ1) is 41.4. The lowest BCUT2D eigenvalue weighted by atomic mass is 9.67. The van der Waals surface area contributed by atoms with Crippen LogP contribution in [0.1, 0.15) is 79.6 Å². The summed E-state index contributed by atoms with van der Waals surface area (Å²) in [6.45, 7) is 0. The predicted molar refractivity (Wildman–Crippen MR) is 308 cm³/mol. The van der Waals surface area contributed by atoms with E-state index in [1.165, 1.54) is 139 Å². The second-order valence-corrected chi connectivity index (χ2v) is 21.5. The van der Waals surface area contributed by atoms with Crippen molar-refractivity contribution >= 4 is 5.57 Å². The lowest BCUT2D eigenvalue weighted by Crippen LogP contribution is -2.28. The first-order chi connectivity index (χ1) is 37.2. The molecule has 0 aliphatic heterocycles. The highest BCUT2D eigenvalue weighted by atomic mass is 14.6. The molecule has 6 aliphatic carbocycles. The molecule has 0 nitrogen and oxygen atoms in total. The Labute approximate surface area is 438 Å². The average molecular weight is 949 g/mol. The summed E-state index contributed by atoms with van der Waals surface area (Å²) in [4.78, 5) is 0. The summed E-state index contributed by atoms with van der Waals surface area (Å²) in [7, 11) is 0. The Balaban J connectivity index is 0.818. The van der Waals surface area contributed by atoms with E-state index in [4.69, 9.17) is 0 Å². The van der Waals surface area contributed by atoms with Crippen molar-refractivity contribution in [3.63, 3.8) is 0 Å². The number of rotatable bonds is 4. The van der Waals surface area contributed by atoms with Gasteiger partial charge in [0.15, 0.2) is 0 Å². The van der Waals surface area contributed by atoms with Gasteiger partial charge in [-0.05, 0) is 164 Å². The van der Waals surface area contributed by atoms with E-state index in [1.807, 2.05) is 0 Å². The van der Waals surface area contributed by atoms with Gasteiger partial charge in [0, 0.05) is 0 Å². The Bertz CT molecular complexity index is 4250. The van der Waals surface area contributed by atoms with Crippen LogP contribution in [0.4, 0.5) is 0 Å². The molecule has 0 heterocycles. The van der Waals surface area contributed by atoms with Crippen LogP contribution in [0.25, 0.3) is 72.3 Å². The van der Waals surface area contributed by atoms with Crippen molar-refractivity contribution in [2.45, 2.75) is 29.1 Å². The summed E-state index contributed by atoms with van der Waals surface area (Å²) in [5.74, 6) is 0. The molecule has 1 unspecified atom stereocenters. The molecule has 2 spiro atoms. The lowest BCUT2D eigenvalue weighted by molar-refractivity contribution is 0.714. The molecule has 0 N–H and O–H groups in total. The summed E-state index contributed by atoms with van der Waals surface area (Å²) < 4.78 is 0. The second-order valence-electron chi connectivity index (χ2n) is 21.5. The van der Waals surface area contributed by atoms with E-state index in [-0.39, 0.29) is 10.8 Å². The van der Waals surface area contributed by atoms with Crippen LogP contribution in [0.5, 0.6) is 0 Å². The van der Waals surface area contributed by atoms with Crippen molar-refractivity contribution < 1.29 is 0 Å². The van der Waals surface area contributed by atoms with Gasteiger partial charge in [-0.3, -0.25) is 0 Å². The fraction of sp³-hybridized carbons (Fsp3) is 0.0667. The molecule has 11 aromatic rings. The van der Waals surface area contributed by atoms with Crippen molar-refractivity contribution in [3.8, 4) is 66.8 Å². The lowest BCUT2D eigenvalue weighted by Gasteiger charge is -2.34. The fourth-order valence-corrected chi connectivity index (χ4v) is 15.8. The maximum atomic E-state index is 2.54. The quantitative estimate of drug-likeness (QED) is 0.165. The van der Waals surface area contributed by atoms with Crippen molar-refractivity contribution in [2.24, 2.45) is 0 Å². The summed E-state index contributed by atoms with van der Waals surface area (Å²) >= 11 is 0. The zero-order valence-electron chi connectivity index (χ0n) is 41.3. The summed E-state index contributed by atoms with van der Waals surface area (Å²) in [5.41, 5.74) is 33.6. The van der Waals surface area contributed by atoms with E-state index in [0.717, 1.165) is 12.8 Å². The summed E-state index contributed by atoms with van der Waals surface area (Å²) in [6, 6.07) is 97.6. The Morgan fingerprint density at radius 2 is 0.640 bits per heavy atom. The Morgan fingerprint density at radius 3 is 1.19 bits per heavy atom. The minimum atomic E-state index is -0.536. The van der Waals surface area contributed by atoms with Gasteiger partial charge in [-0.2, -0.15) is 0 Å². The zero-order valence-corrected chi connectivity index (χ0v) is 41.3. The molecule has 1 atom stereocenters. The molecule has 6 aliphatic rings. The largest absolute Gasteiger partial charge is 0.0836 e. The van der Waals surface area contributed by atoms with Gasteiger partial charge in [-0.1, -0.05) is 261 Å². The van der Waals surface area contributed by atoms with Crippen LogP contribution in [-0.4, -0.2) is 0 Å². The molecule has 0 radical (unpaired) electrons. The third-order valence-electron chi connectivity index (χ3n) is 18.5. The number of benzene rings is 11. The van der Waals surface area contributed by atoms with Gasteiger partial charge in [0.2, 0.25) is 0 Å². The monoisotopic (exact) mass is 948 g/mol. The third-order valence-corrected chi connectivity index (χ3v) is 18.5. The van der Waals surface area contributed by atoms with E-state index in [9.17, 15) is 0 Å². The van der Waals surface area contributed by atoms with Crippen LogP contribution in [-0.2, 0) is 16.2 Å². The molecule has 0 bridgehead atoms. The minimum absolute atomic E-state index is 0.302. The number of hydrogen-bond donors (Lipinski definition) is 0. The fourth-order valence-electron chi connectivity index (χ4n) is 15.8. The summed E-state index contributed by atoms with van der Waals surface area (Å²) in [6.07, 6.45) is 6.89. The van der Waals surface area contributed by atoms with Gasteiger partial charge < -0.3 is 0 Å². The van der Waals surface area contributed by atoms with Gasteiger partial charge in [-0.15, -0.1) is 0 Å². The maximum absolute atomic E-state index is 2.54. The van der Waals surface area contributed by atoms with Gasteiger partial charge in [0.05, 0.1) is 16.2 Å². The van der Waals surface area contributed by atoms with E-state index < -0.39 is 5.41 Å². The van der Waals surface area contributed by atoms with Crippen LogP contribution in [0.2, 0.25) is 0 Å². The summed E-state index contributed by atoms with van der Waals surface area (Å²) in [5, 5.41) is 0. The van der Waals surface area contributed by atoms with Crippen LogP contribution in [0.3, 0.4) is 0 Å². The van der Waals surface area contributed by atoms with E-state index >= 15 is 0 Å². The molecule has 348 valence electrons. The average Bonchev–Trinajstić information content (AvgIpc) is 4.44. The van der Waals surface area contributed by atoms with E-state index in [0.29, 0.717) is 0 Å². The van der Waals surface area contributed by atoms with Gasteiger partial charge in [-0.25, -0.2) is 0 Å². The topological polar surface area (TPSA) is 0 Å². The highest BCUT2D eigenvalue weighted by Crippen LogP contribution is 2.66. The molecule has 11 aromatic carbocycles. The second kappa shape index (κ2) is 15.0. The van der Waals surface area contributed by atoms with Crippen molar-refractivity contribution in [3.05, 3.63) is 339 Å². The Kier molecular flexibility index (Phi) is 8.28. The molecule has 75 heavy (non-hydrogen) atoms. The third kappa shape index (κ3) is 5.03. The van der Waals surface area contributed by atoms with Crippen LogP contribution in [0.15, 0.2) is 273 Å². The highest BCUT2D eigenvalue weighted by molar-refractivity contribution is 6.01. The molecule has 0 heteroatoms. The first-order valence-corrected chi connectivity index (χ1v) is 26.8. The Morgan fingerprint density at radius 1 is 0.253 bits per heavy atom. The predicted octanol–water partition coefficient (Wildman–Crippen LogP) is 18.2. The number of allylic oxidation sites excluding steroid dienone is 4. The van der Waals surface area contributed by atoms with Crippen LogP contribution >= 0.6 is 0 Å². The number of hydrogen-bond acceptors (Lipinski definition) is 0. The molecule has 0 saturated heterocycles. The molecular formula is C75H48. The zero-order chi connectivity index (χ0) is 49.0. The molecule has 0 saturated carbocycles. The van der Waals surface area contributed by atoms with Gasteiger partial charge in [0.1, 0.15) is 0 Å². The minimum Gasteiger partial charge on any atom is -0.0836 e. The van der Waals surface area contributed by atoms with Gasteiger partial charge >= 0.3 is 0 Å². The van der Waals surface area contributed by atoms with Crippen LogP contribution in [0, 0.1) is 0 Å². The first-order valence-electron chi connectivity index (χ1n) is 26.8. The van der Waals surface area contributed by atoms with E-state index in [1.54, 1.807) is 5.57 Å². The van der Waals surface area contributed by atoms with E-state index in [2.05, 4.69) is 267 Å². The maximum Gasteiger partial charge on any atom is 0.0725 e. The van der Waals surface area contributed by atoms with Gasteiger partial charge in [0.25, 0.3) is 0 Å².